The Kier molecular flexibility index (Phi) is 5.32. The van der Waals surface area contributed by atoms with Gasteiger partial charge < -0.3 is 14.2 Å². The number of benzene rings is 2. The number of piperidine rings is 1. The van der Waals surface area contributed by atoms with E-state index in [1.54, 1.807) is 7.11 Å². The monoisotopic (exact) mass is 412 g/mol. The Balaban J connectivity index is 1.34. The Morgan fingerprint density at radius 2 is 1.81 bits per heavy atom. The third-order valence-corrected chi connectivity index (χ3v) is 6.00. The average Bonchev–Trinajstić information content (AvgIpc) is 3.10. The molecule has 0 atom stereocenters. The van der Waals surface area contributed by atoms with Crippen LogP contribution in [-0.4, -0.2) is 36.2 Å². The second kappa shape index (κ2) is 7.85. The normalized spacial score (nSPS) is 16.2. The number of hydrogen-bond donors (Lipinski definition) is 0. The van der Waals surface area contributed by atoms with Gasteiger partial charge in [0.25, 0.3) is 0 Å². The fraction of sp³-hybridized carbons (Fsp3) is 0.364. The largest absolute Gasteiger partial charge is 0.497 e. The average molecular weight is 413 g/mol. The van der Waals surface area contributed by atoms with E-state index in [1.807, 2.05) is 0 Å². The summed E-state index contributed by atoms with van der Waals surface area (Å²) < 4.78 is 8.86. The van der Waals surface area contributed by atoms with Gasteiger partial charge in [0.1, 0.15) is 5.75 Å². The van der Waals surface area contributed by atoms with Crippen molar-refractivity contribution in [1.82, 2.24) is 9.47 Å². The van der Waals surface area contributed by atoms with Gasteiger partial charge in [0.05, 0.1) is 7.11 Å². The molecule has 3 aromatic rings. The van der Waals surface area contributed by atoms with Crippen LogP contribution < -0.4 is 4.74 Å². The Morgan fingerprint density at radius 1 is 1.04 bits per heavy atom. The first-order chi connectivity index (χ1) is 12.7. The molecule has 0 saturated carbocycles. The van der Waals surface area contributed by atoms with Crippen molar-refractivity contribution in [3.8, 4) is 5.75 Å². The SMILES string of the molecule is COc1ccc(CCN2CCC(n3ccc4ccc(Br)cc43)CC2)cc1. The lowest BCUT2D eigenvalue weighted by atomic mass is 10.0. The van der Waals surface area contributed by atoms with E-state index in [-0.39, 0.29) is 0 Å². The van der Waals surface area contributed by atoms with E-state index in [4.69, 9.17) is 4.74 Å². The summed E-state index contributed by atoms with van der Waals surface area (Å²) in [6.45, 7) is 3.49. The van der Waals surface area contributed by atoms with Crippen molar-refractivity contribution in [3.63, 3.8) is 0 Å². The van der Waals surface area contributed by atoms with Crippen molar-refractivity contribution in [3.05, 3.63) is 64.8 Å². The standard InChI is InChI=1S/C22H25BrN2O/c1-26-21-6-2-17(3-7-21)8-12-24-13-10-20(11-14-24)25-15-9-18-4-5-19(23)16-22(18)25/h2-7,9,15-16,20H,8,10-14H2,1H3. The minimum Gasteiger partial charge on any atom is -0.497 e. The molecule has 4 heteroatoms. The molecule has 136 valence electrons. The van der Waals surface area contributed by atoms with Gasteiger partial charge in [-0.15, -0.1) is 0 Å². The van der Waals surface area contributed by atoms with Crippen molar-refractivity contribution in [1.29, 1.82) is 0 Å². The van der Waals surface area contributed by atoms with Gasteiger partial charge in [-0.25, -0.2) is 0 Å². The van der Waals surface area contributed by atoms with Gasteiger partial charge in [0.2, 0.25) is 0 Å². The van der Waals surface area contributed by atoms with Crippen molar-refractivity contribution in [2.45, 2.75) is 25.3 Å². The molecular formula is C22H25BrN2O. The Hall–Kier alpha value is -1.78. The topological polar surface area (TPSA) is 17.4 Å². The van der Waals surface area contributed by atoms with E-state index in [2.05, 4.69) is 80.1 Å². The molecule has 0 bridgehead atoms. The minimum atomic E-state index is 0.610. The van der Waals surface area contributed by atoms with E-state index in [0.29, 0.717) is 6.04 Å². The highest BCUT2D eigenvalue weighted by Gasteiger charge is 2.21. The number of fused-ring (bicyclic) bond motifs is 1. The molecule has 0 radical (unpaired) electrons. The summed E-state index contributed by atoms with van der Waals surface area (Å²) in [4.78, 5) is 2.60. The highest BCUT2D eigenvalue weighted by atomic mass is 79.9. The number of nitrogens with zero attached hydrogens (tertiary/aromatic N) is 2. The zero-order valence-corrected chi connectivity index (χ0v) is 16.8. The molecule has 4 rings (SSSR count). The highest BCUT2D eigenvalue weighted by Crippen LogP contribution is 2.29. The predicted molar refractivity (Wildman–Crippen MR) is 111 cm³/mol. The maximum Gasteiger partial charge on any atom is 0.118 e. The van der Waals surface area contributed by atoms with Gasteiger partial charge in [0.15, 0.2) is 0 Å². The minimum absolute atomic E-state index is 0.610. The van der Waals surface area contributed by atoms with Crippen LogP contribution in [0.2, 0.25) is 0 Å². The lowest BCUT2D eigenvalue weighted by Crippen LogP contribution is -2.35. The molecule has 0 aliphatic carbocycles. The zero-order valence-electron chi connectivity index (χ0n) is 15.2. The molecule has 3 nitrogen and oxygen atoms in total. The van der Waals surface area contributed by atoms with Gasteiger partial charge in [-0.3, -0.25) is 0 Å². The molecule has 0 spiro atoms. The lowest BCUT2D eigenvalue weighted by molar-refractivity contribution is 0.190. The predicted octanol–water partition coefficient (Wildman–Crippen LogP) is 5.29. The van der Waals surface area contributed by atoms with Crippen molar-refractivity contribution in [2.24, 2.45) is 0 Å². The maximum absolute atomic E-state index is 5.23. The molecule has 26 heavy (non-hydrogen) atoms. The van der Waals surface area contributed by atoms with E-state index >= 15 is 0 Å². The second-order valence-corrected chi connectivity index (χ2v) is 8.01. The number of aromatic nitrogens is 1. The maximum atomic E-state index is 5.23. The Bertz CT molecular complexity index is 863. The number of halogens is 1. The number of hydrogen-bond acceptors (Lipinski definition) is 2. The third-order valence-electron chi connectivity index (χ3n) is 5.51. The summed E-state index contributed by atoms with van der Waals surface area (Å²) in [5.74, 6) is 0.931. The first kappa shape index (κ1) is 17.6. The van der Waals surface area contributed by atoms with Crippen LogP contribution in [0.25, 0.3) is 10.9 Å². The molecule has 1 aliphatic heterocycles. The molecule has 1 saturated heterocycles. The van der Waals surface area contributed by atoms with Crippen LogP contribution in [0.3, 0.4) is 0 Å². The first-order valence-electron chi connectivity index (χ1n) is 9.34. The quantitative estimate of drug-likeness (QED) is 0.566. The molecule has 2 aromatic carbocycles. The number of likely N-dealkylation sites (tertiary alicyclic amines) is 1. The van der Waals surface area contributed by atoms with Crippen molar-refractivity contribution < 1.29 is 4.74 Å². The summed E-state index contributed by atoms with van der Waals surface area (Å²) >= 11 is 3.61. The summed E-state index contributed by atoms with van der Waals surface area (Å²) in [5, 5.41) is 1.33. The molecule has 0 unspecified atom stereocenters. The molecule has 0 amide bonds. The number of rotatable bonds is 5. The van der Waals surface area contributed by atoms with Crippen LogP contribution in [0.5, 0.6) is 5.75 Å². The molecule has 0 N–H and O–H groups in total. The van der Waals surface area contributed by atoms with E-state index < -0.39 is 0 Å². The highest BCUT2D eigenvalue weighted by molar-refractivity contribution is 9.10. The molecular weight excluding hydrogens is 388 g/mol. The summed E-state index contributed by atoms with van der Waals surface area (Å²) in [5.41, 5.74) is 2.73. The molecule has 2 heterocycles. The zero-order chi connectivity index (χ0) is 17.9. The molecule has 1 fully saturated rings. The van der Waals surface area contributed by atoms with Crippen LogP contribution in [0.1, 0.15) is 24.4 Å². The third kappa shape index (κ3) is 3.81. The van der Waals surface area contributed by atoms with Crippen molar-refractivity contribution >= 4 is 26.8 Å². The van der Waals surface area contributed by atoms with E-state index in [1.165, 1.54) is 42.4 Å². The van der Waals surface area contributed by atoms with Gasteiger partial charge in [-0.2, -0.15) is 0 Å². The Morgan fingerprint density at radius 3 is 2.54 bits per heavy atom. The van der Waals surface area contributed by atoms with Gasteiger partial charge >= 0.3 is 0 Å². The fourth-order valence-electron chi connectivity index (χ4n) is 3.94. The van der Waals surface area contributed by atoms with Gasteiger partial charge in [-0.1, -0.05) is 34.1 Å². The van der Waals surface area contributed by atoms with Crippen LogP contribution >= 0.6 is 15.9 Å². The smallest absolute Gasteiger partial charge is 0.118 e. The lowest BCUT2D eigenvalue weighted by Gasteiger charge is -2.33. The van der Waals surface area contributed by atoms with Crippen LogP contribution in [-0.2, 0) is 6.42 Å². The number of ether oxygens (including phenoxy) is 1. The van der Waals surface area contributed by atoms with E-state index in [0.717, 1.165) is 23.2 Å². The van der Waals surface area contributed by atoms with Crippen LogP contribution in [0.4, 0.5) is 0 Å². The van der Waals surface area contributed by atoms with Gasteiger partial charge in [0, 0.05) is 41.9 Å². The summed E-state index contributed by atoms with van der Waals surface area (Å²) in [7, 11) is 1.71. The van der Waals surface area contributed by atoms with Crippen LogP contribution in [0.15, 0.2) is 59.2 Å². The Labute approximate surface area is 163 Å². The van der Waals surface area contributed by atoms with Crippen molar-refractivity contribution in [2.75, 3.05) is 26.7 Å². The molecule has 1 aromatic heterocycles. The first-order valence-corrected chi connectivity index (χ1v) is 10.1. The number of methoxy groups -OCH3 is 1. The molecule has 1 aliphatic rings. The van der Waals surface area contributed by atoms with Gasteiger partial charge in [-0.05, 0) is 60.5 Å². The second-order valence-electron chi connectivity index (χ2n) is 7.10. The van der Waals surface area contributed by atoms with Crippen LogP contribution in [0, 0.1) is 0 Å². The summed E-state index contributed by atoms with van der Waals surface area (Å²) in [6.07, 6.45) is 5.81. The fourth-order valence-corrected chi connectivity index (χ4v) is 4.29. The van der Waals surface area contributed by atoms with E-state index in [9.17, 15) is 0 Å². The summed E-state index contributed by atoms with van der Waals surface area (Å²) in [6, 6.07) is 17.9.